The van der Waals surface area contributed by atoms with Crippen molar-refractivity contribution >= 4 is 51.8 Å². The molecule has 0 saturated carbocycles. The highest BCUT2D eigenvalue weighted by atomic mass is 127. The van der Waals surface area contributed by atoms with Crippen LogP contribution in [0.3, 0.4) is 0 Å². The van der Waals surface area contributed by atoms with Gasteiger partial charge in [-0.05, 0) is 55.2 Å². The molecule has 2 aromatic rings. The minimum atomic E-state index is -0.442. The average molecular weight is 563 g/mol. The molecule has 5 nitrogen and oxygen atoms in total. The molecule has 152 valence electrons. The highest BCUT2D eigenvalue weighted by Crippen LogP contribution is 2.16. The molecule has 0 fully saturated rings. The molecule has 0 saturated heterocycles. The number of rotatable bonds is 8. The molecule has 0 radical (unpaired) electrons. The van der Waals surface area contributed by atoms with Gasteiger partial charge in [0.25, 0.3) is 0 Å². The van der Waals surface area contributed by atoms with Gasteiger partial charge in [-0.25, -0.2) is 9.38 Å². The first-order chi connectivity index (χ1) is 13.0. The quantitative estimate of drug-likeness (QED) is 0.197. The molecule has 0 atom stereocenters. The second kappa shape index (κ2) is 12.7. The number of hydrogen-bond donors (Lipinski definition) is 3. The van der Waals surface area contributed by atoms with Gasteiger partial charge >= 0.3 is 0 Å². The Morgan fingerprint density at radius 1 is 1.18 bits per heavy atom. The van der Waals surface area contributed by atoms with Gasteiger partial charge in [0, 0.05) is 23.1 Å². The van der Waals surface area contributed by atoms with E-state index < -0.39 is 5.91 Å². The number of amides is 1. The van der Waals surface area contributed by atoms with E-state index >= 15 is 0 Å². The summed E-state index contributed by atoms with van der Waals surface area (Å²) in [5.41, 5.74) is 7.41. The van der Waals surface area contributed by atoms with Crippen molar-refractivity contribution in [2.45, 2.75) is 26.3 Å². The lowest BCUT2D eigenvalue weighted by Crippen LogP contribution is -2.37. The minimum absolute atomic E-state index is 0. The molecule has 4 N–H and O–H groups in total. The second-order valence-corrected chi connectivity index (χ2v) is 6.94. The van der Waals surface area contributed by atoms with E-state index in [0.717, 1.165) is 23.0 Å². The van der Waals surface area contributed by atoms with Crippen LogP contribution in [0.4, 0.5) is 4.39 Å². The van der Waals surface area contributed by atoms with Crippen molar-refractivity contribution in [2.24, 2.45) is 10.7 Å². The topological polar surface area (TPSA) is 79.5 Å². The number of primary amides is 1. The first-order valence-electron chi connectivity index (χ1n) is 8.84. The molecular formula is C20H25BrFIN4O. The van der Waals surface area contributed by atoms with Crippen molar-refractivity contribution < 1.29 is 9.18 Å². The number of halogens is 3. The van der Waals surface area contributed by atoms with Crippen molar-refractivity contribution in [2.75, 3.05) is 13.1 Å². The average Bonchev–Trinajstić information content (AvgIpc) is 2.64. The zero-order chi connectivity index (χ0) is 19.6. The number of aryl methyl sites for hydroxylation is 1. The van der Waals surface area contributed by atoms with Crippen molar-refractivity contribution in [3.05, 3.63) is 69.4 Å². The summed E-state index contributed by atoms with van der Waals surface area (Å²) in [5, 5.41) is 6.44. The zero-order valence-electron chi connectivity index (χ0n) is 15.7. The van der Waals surface area contributed by atoms with Crippen molar-refractivity contribution in [3.63, 3.8) is 0 Å². The van der Waals surface area contributed by atoms with E-state index in [4.69, 9.17) is 5.73 Å². The monoisotopic (exact) mass is 562 g/mol. The lowest BCUT2D eigenvalue weighted by atomic mass is 10.1. The number of nitrogens with one attached hydrogen (secondary N) is 2. The van der Waals surface area contributed by atoms with E-state index in [-0.39, 0.29) is 29.8 Å². The van der Waals surface area contributed by atoms with Gasteiger partial charge in [-0.3, -0.25) is 4.79 Å². The molecule has 0 bridgehead atoms. The summed E-state index contributed by atoms with van der Waals surface area (Å²) in [6.45, 7) is 3.90. The molecule has 8 heteroatoms. The molecule has 0 aliphatic heterocycles. The van der Waals surface area contributed by atoms with Crippen LogP contribution in [0, 0.1) is 5.82 Å². The molecule has 0 heterocycles. The van der Waals surface area contributed by atoms with Crippen LogP contribution in [0.15, 0.2) is 51.9 Å². The number of hydrogen-bond acceptors (Lipinski definition) is 2. The molecule has 28 heavy (non-hydrogen) atoms. The predicted molar refractivity (Wildman–Crippen MR) is 126 cm³/mol. The Labute approximate surface area is 190 Å². The molecule has 0 aliphatic rings. The number of nitrogens with zero attached hydrogens (tertiary/aromatic N) is 1. The first-order valence-corrected chi connectivity index (χ1v) is 9.63. The van der Waals surface area contributed by atoms with Crippen LogP contribution in [-0.2, 0) is 13.0 Å². The Hall–Kier alpha value is -1.68. The highest BCUT2D eigenvalue weighted by Gasteiger charge is 2.04. The minimum Gasteiger partial charge on any atom is -0.366 e. The predicted octanol–water partition coefficient (Wildman–Crippen LogP) is 3.99. The van der Waals surface area contributed by atoms with Crippen LogP contribution < -0.4 is 16.4 Å². The Bertz CT molecular complexity index is 799. The van der Waals surface area contributed by atoms with E-state index in [2.05, 4.69) is 31.6 Å². The Morgan fingerprint density at radius 2 is 1.89 bits per heavy atom. The van der Waals surface area contributed by atoms with Crippen LogP contribution in [0.5, 0.6) is 0 Å². The van der Waals surface area contributed by atoms with Gasteiger partial charge < -0.3 is 16.4 Å². The number of nitrogens with two attached hydrogens (primary N) is 1. The number of aliphatic imine (C=N–C) groups is 1. The van der Waals surface area contributed by atoms with Crippen LogP contribution in [0.2, 0.25) is 0 Å². The normalized spacial score (nSPS) is 10.9. The Morgan fingerprint density at radius 3 is 2.50 bits per heavy atom. The summed E-state index contributed by atoms with van der Waals surface area (Å²) in [4.78, 5) is 15.6. The summed E-state index contributed by atoms with van der Waals surface area (Å²) in [6, 6.07) is 12.2. The Kier molecular flexibility index (Phi) is 11.1. The first kappa shape index (κ1) is 24.4. The molecule has 0 aromatic heterocycles. The smallest absolute Gasteiger partial charge is 0.248 e. The number of carbonyl (C=O) groups is 1. The van der Waals surface area contributed by atoms with E-state index in [1.807, 2.05) is 25.1 Å². The fraction of sp³-hybridized carbons (Fsp3) is 0.300. The third-order valence-electron chi connectivity index (χ3n) is 3.93. The van der Waals surface area contributed by atoms with Gasteiger partial charge in [0.2, 0.25) is 5.91 Å². The maximum absolute atomic E-state index is 13.8. The zero-order valence-corrected chi connectivity index (χ0v) is 19.6. The lowest BCUT2D eigenvalue weighted by molar-refractivity contribution is 0.100. The van der Waals surface area contributed by atoms with Gasteiger partial charge in [-0.15, -0.1) is 24.0 Å². The maximum atomic E-state index is 13.8. The van der Waals surface area contributed by atoms with Crippen LogP contribution in [-0.4, -0.2) is 25.0 Å². The van der Waals surface area contributed by atoms with E-state index in [0.29, 0.717) is 36.6 Å². The maximum Gasteiger partial charge on any atom is 0.248 e. The second-order valence-electron chi connectivity index (χ2n) is 6.02. The van der Waals surface area contributed by atoms with Crippen molar-refractivity contribution in [1.29, 1.82) is 0 Å². The van der Waals surface area contributed by atoms with E-state index in [1.54, 1.807) is 18.2 Å². The van der Waals surface area contributed by atoms with E-state index in [1.165, 1.54) is 6.07 Å². The van der Waals surface area contributed by atoms with E-state index in [9.17, 15) is 9.18 Å². The number of carbonyl (C=O) groups excluding carboxylic acids is 1. The lowest BCUT2D eigenvalue weighted by Gasteiger charge is -2.11. The molecule has 2 aromatic carbocycles. The van der Waals surface area contributed by atoms with Gasteiger partial charge in [0.1, 0.15) is 5.82 Å². The molecule has 0 aliphatic carbocycles. The largest absolute Gasteiger partial charge is 0.366 e. The third-order valence-corrected chi connectivity index (χ3v) is 4.43. The SMILES string of the molecule is CCNC(=NCc1ccc(C(N)=O)cc1)NCCCc1ccc(Br)cc1F.I. The number of guanidine groups is 1. The summed E-state index contributed by atoms with van der Waals surface area (Å²) >= 11 is 3.26. The van der Waals surface area contributed by atoms with Gasteiger partial charge in [0.15, 0.2) is 5.96 Å². The summed E-state index contributed by atoms with van der Waals surface area (Å²) in [6.07, 6.45) is 1.44. The summed E-state index contributed by atoms with van der Waals surface area (Å²) in [7, 11) is 0. The summed E-state index contributed by atoms with van der Waals surface area (Å²) < 4.78 is 14.6. The van der Waals surface area contributed by atoms with Crippen LogP contribution >= 0.6 is 39.9 Å². The van der Waals surface area contributed by atoms with Crippen molar-refractivity contribution in [1.82, 2.24) is 10.6 Å². The molecule has 2 rings (SSSR count). The fourth-order valence-electron chi connectivity index (χ4n) is 2.50. The molecular weight excluding hydrogens is 538 g/mol. The van der Waals surface area contributed by atoms with Crippen LogP contribution in [0.25, 0.3) is 0 Å². The third kappa shape index (κ3) is 8.14. The molecule has 0 spiro atoms. The van der Waals surface area contributed by atoms with Gasteiger partial charge in [-0.1, -0.05) is 34.1 Å². The van der Waals surface area contributed by atoms with Crippen LogP contribution in [0.1, 0.15) is 34.8 Å². The fourth-order valence-corrected chi connectivity index (χ4v) is 2.83. The number of benzene rings is 2. The Balaban J connectivity index is 0.00000392. The van der Waals surface area contributed by atoms with Gasteiger partial charge in [-0.2, -0.15) is 0 Å². The molecule has 0 unspecified atom stereocenters. The summed E-state index contributed by atoms with van der Waals surface area (Å²) in [5.74, 6) is 0.0689. The highest BCUT2D eigenvalue weighted by molar-refractivity contribution is 14.0. The van der Waals surface area contributed by atoms with Gasteiger partial charge in [0.05, 0.1) is 6.54 Å². The molecule has 1 amide bonds. The van der Waals surface area contributed by atoms with Crippen molar-refractivity contribution in [3.8, 4) is 0 Å². The standard InChI is InChI=1S/C20H24BrFN4O.HI/c1-2-24-20(26-13-14-5-7-16(8-6-14)19(23)27)25-11-3-4-15-9-10-17(21)12-18(15)22;/h5-10,12H,2-4,11,13H2,1H3,(H2,23,27)(H2,24,25,26);1H.